The van der Waals surface area contributed by atoms with Crippen LogP contribution in [0.15, 0.2) is 18.2 Å². The summed E-state index contributed by atoms with van der Waals surface area (Å²) in [6, 6.07) is 5.69. The number of carbonyl (C=O) groups is 1. The molecule has 0 fully saturated rings. The molecule has 0 aliphatic rings. The average Bonchev–Trinajstić information content (AvgIpc) is 2.08. The molecule has 1 aromatic rings. The lowest BCUT2D eigenvalue weighted by molar-refractivity contribution is 0.0963. The fourth-order valence-corrected chi connectivity index (χ4v) is 1.03. The van der Waals surface area contributed by atoms with Crippen molar-refractivity contribution in [3.63, 3.8) is 0 Å². The summed E-state index contributed by atoms with van der Waals surface area (Å²) in [7, 11) is 1.64. The predicted octanol–water partition coefficient (Wildman–Crippen LogP) is 1.66. The highest BCUT2D eigenvalue weighted by Gasteiger charge is 2.02. The first-order chi connectivity index (χ1) is 5.65. The summed E-state index contributed by atoms with van der Waals surface area (Å²) in [5.74, 6) is -0.0295. The Hall–Kier alpha value is -1.31. The van der Waals surface area contributed by atoms with Crippen molar-refractivity contribution in [3.05, 3.63) is 34.9 Å². The zero-order chi connectivity index (χ0) is 9.14. The lowest BCUT2D eigenvalue weighted by Crippen LogP contribution is -2.17. The third-order valence-corrected chi connectivity index (χ3v) is 2.00. The molecule has 0 saturated carbocycles. The van der Waals surface area contributed by atoms with Crippen LogP contribution in [0.5, 0.6) is 0 Å². The van der Waals surface area contributed by atoms with Crippen LogP contribution >= 0.6 is 0 Å². The molecule has 0 atom stereocenters. The minimum atomic E-state index is -0.0295. The molecule has 2 heteroatoms. The van der Waals surface area contributed by atoms with Gasteiger partial charge in [0.05, 0.1) is 0 Å². The standard InChI is InChI=1S/C10H13NO/c1-7-4-5-9(6-8(7)2)10(12)11-3/h4-6H,1-3H3,(H,11,12). The Morgan fingerprint density at radius 3 is 2.42 bits per heavy atom. The number of hydrogen-bond donors (Lipinski definition) is 1. The molecule has 0 aliphatic heterocycles. The van der Waals surface area contributed by atoms with Crippen LogP contribution in [0.1, 0.15) is 21.5 Å². The minimum absolute atomic E-state index is 0.0295. The fraction of sp³-hybridized carbons (Fsp3) is 0.300. The maximum Gasteiger partial charge on any atom is 0.251 e. The summed E-state index contributed by atoms with van der Waals surface area (Å²) in [4.78, 5) is 11.2. The number of amides is 1. The monoisotopic (exact) mass is 163 g/mol. The highest BCUT2D eigenvalue weighted by atomic mass is 16.1. The lowest BCUT2D eigenvalue weighted by Gasteiger charge is -2.03. The number of carbonyl (C=O) groups excluding carboxylic acids is 1. The van der Waals surface area contributed by atoms with E-state index in [0.717, 1.165) is 11.1 Å². The SMILES string of the molecule is CNC(=O)c1ccc(C)c(C)c1. The number of nitrogens with one attached hydrogen (secondary N) is 1. The van der Waals surface area contributed by atoms with Gasteiger partial charge in [0, 0.05) is 12.6 Å². The van der Waals surface area contributed by atoms with Crippen LogP contribution in [0, 0.1) is 13.8 Å². The van der Waals surface area contributed by atoms with Gasteiger partial charge in [0.1, 0.15) is 0 Å². The second-order valence-electron chi connectivity index (χ2n) is 2.88. The number of hydrogen-bond acceptors (Lipinski definition) is 1. The first-order valence-electron chi connectivity index (χ1n) is 3.94. The molecular formula is C10H13NO. The van der Waals surface area contributed by atoms with Gasteiger partial charge in [0.2, 0.25) is 0 Å². The van der Waals surface area contributed by atoms with Gasteiger partial charge in [0.15, 0.2) is 0 Å². The third kappa shape index (κ3) is 1.64. The summed E-state index contributed by atoms with van der Waals surface area (Å²) >= 11 is 0. The molecule has 0 bridgehead atoms. The van der Waals surface area contributed by atoms with Crippen molar-refractivity contribution in [2.24, 2.45) is 0 Å². The summed E-state index contributed by atoms with van der Waals surface area (Å²) < 4.78 is 0. The molecule has 0 radical (unpaired) electrons. The highest BCUT2D eigenvalue weighted by molar-refractivity contribution is 5.94. The Morgan fingerprint density at radius 2 is 1.92 bits per heavy atom. The van der Waals surface area contributed by atoms with E-state index in [2.05, 4.69) is 5.32 Å². The van der Waals surface area contributed by atoms with Gasteiger partial charge in [-0.05, 0) is 37.1 Å². The molecule has 1 aromatic carbocycles. The number of rotatable bonds is 1. The zero-order valence-corrected chi connectivity index (χ0v) is 7.64. The van der Waals surface area contributed by atoms with Gasteiger partial charge in [-0.2, -0.15) is 0 Å². The molecule has 0 aromatic heterocycles. The molecule has 0 aliphatic carbocycles. The maximum absolute atomic E-state index is 11.2. The van der Waals surface area contributed by atoms with E-state index in [0.29, 0.717) is 0 Å². The van der Waals surface area contributed by atoms with Gasteiger partial charge in [-0.1, -0.05) is 6.07 Å². The smallest absolute Gasteiger partial charge is 0.251 e. The summed E-state index contributed by atoms with van der Waals surface area (Å²) in [6.45, 7) is 4.03. The minimum Gasteiger partial charge on any atom is -0.355 e. The Kier molecular flexibility index (Phi) is 2.48. The Morgan fingerprint density at radius 1 is 1.25 bits per heavy atom. The second kappa shape index (κ2) is 3.39. The van der Waals surface area contributed by atoms with E-state index >= 15 is 0 Å². The van der Waals surface area contributed by atoms with E-state index < -0.39 is 0 Å². The molecule has 1 rings (SSSR count). The molecule has 0 spiro atoms. The predicted molar refractivity (Wildman–Crippen MR) is 49.3 cm³/mol. The van der Waals surface area contributed by atoms with Crippen LogP contribution < -0.4 is 5.32 Å². The van der Waals surface area contributed by atoms with Gasteiger partial charge >= 0.3 is 0 Å². The molecule has 0 saturated heterocycles. The van der Waals surface area contributed by atoms with E-state index in [1.54, 1.807) is 7.05 Å². The highest BCUT2D eigenvalue weighted by Crippen LogP contribution is 2.09. The van der Waals surface area contributed by atoms with E-state index in [4.69, 9.17) is 0 Å². The van der Waals surface area contributed by atoms with E-state index in [-0.39, 0.29) is 5.91 Å². The number of aryl methyl sites for hydroxylation is 2. The normalized spacial score (nSPS) is 9.58. The maximum atomic E-state index is 11.2. The second-order valence-corrected chi connectivity index (χ2v) is 2.88. The Labute approximate surface area is 72.6 Å². The van der Waals surface area contributed by atoms with Gasteiger partial charge < -0.3 is 5.32 Å². The first-order valence-corrected chi connectivity index (χ1v) is 3.94. The Bertz CT molecular complexity index is 305. The van der Waals surface area contributed by atoms with Crippen molar-refractivity contribution in [2.45, 2.75) is 13.8 Å². The zero-order valence-electron chi connectivity index (χ0n) is 7.64. The average molecular weight is 163 g/mol. The Balaban J connectivity index is 3.05. The molecule has 1 N–H and O–H groups in total. The lowest BCUT2D eigenvalue weighted by atomic mass is 10.1. The molecule has 1 amide bonds. The molecule has 64 valence electrons. The van der Waals surface area contributed by atoms with Crippen LogP contribution in [0.2, 0.25) is 0 Å². The summed E-state index contributed by atoms with van der Waals surface area (Å²) in [5.41, 5.74) is 3.08. The number of benzene rings is 1. The van der Waals surface area contributed by atoms with Crippen LogP contribution in [0.3, 0.4) is 0 Å². The fourth-order valence-electron chi connectivity index (χ4n) is 1.03. The van der Waals surface area contributed by atoms with Crippen molar-refractivity contribution < 1.29 is 4.79 Å². The summed E-state index contributed by atoms with van der Waals surface area (Å²) in [5, 5.41) is 2.59. The van der Waals surface area contributed by atoms with Gasteiger partial charge in [-0.3, -0.25) is 4.79 Å². The molecule has 0 unspecified atom stereocenters. The van der Waals surface area contributed by atoms with Crippen molar-refractivity contribution in [2.75, 3.05) is 7.05 Å². The van der Waals surface area contributed by atoms with Crippen molar-refractivity contribution in [1.29, 1.82) is 0 Å². The molecule has 2 nitrogen and oxygen atoms in total. The molecular weight excluding hydrogens is 150 g/mol. The quantitative estimate of drug-likeness (QED) is 0.670. The van der Waals surface area contributed by atoms with Crippen molar-refractivity contribution >= 4 is 5.91 Å². The van der Waals surface area contributed by atoms with E-state index in [1.165, 1.54) is 5.56 Å². The third-order valence-electron chi connectivity index (χ3n) is 2.00. The van der Waals surface area contributed by atoms with E-state index in [9.17, 15) is 4.79 Å². The van der Waals surface area contributed by atoms with Crippen molar-refractivity contribution in [1.82, 2.24) is 5.32 Å². The molecule has 12 heavy (non-hydrogen) atoms. The van der Waals surface area contributed by atoms with Gasteiger partial charge in [-0.15, -0.1) is 0 Å². The van der Waals surface area contributed by atoms with Crippen molar-refractivity contribution in [3.8, 4) is 0 Å². The van der Waals surface area contributed by atoms with Gasteiger partial charge in [-0.25, -0.2) is 0 Å². The largest absolute Gasteiger partial charge is 0.355 e. The van der Waals surface area contributed by atoms with E-state index in [1.807, 2.05) is 32.0 Å². The first kappa shape index (κ1) is 8.78. The van der Waals surface area contributed by atoms with Crippen LogP contribution in [-0.4, -0.2) is 13.0 Å². The topological polar surface area (TPSA) is 29.1 Å². The van der Waals surface area contributed by atoms with Crippen LogP contribution in [0.4, 0.5) is 0 Å². The molecule has 0 heterocycles. The summed E-state index contributed by atoms with van der Waals surface area (Å²) in [6.07, 6.45) is 0. The van der Waals surface area contributed by atoms with Crippen LogP contribution in [-0.2, 0) is 0 Å². The van der Waals surface area contributed by atoms with Crippen LogP contribution in [0.25, 0.3) is 0 Å². The van der Waals surface area contributed by atoms with Gasteiger partial charge in [0.25, 0.3) is 5.91 Å².